The van der Waals surface area contributed by atoms with Crippen molar-refractivity contribution in [3.05, 3.63) is 0 Å². The van der Waals surface area contributed by atoms with Crippen molar-refractivity contribution in [3.63, 3.8) is 0 Å². The molecular weight excluding hydrogens is 228 g/mol. The summed E-state index contributed by atoms with van der Waals surface area (Å²) in [4.78, 5) is 13.7. The maximum absolute atomic E-state index is 11.9. The Kier molecular flexibility index (Phi) is 5.93. The molecule has 1 amide bonds. The molecule has 106 valence electrons. The molecule has 1 fully saturated rings. The number of carbonyl (C=O) groups excluding carboxylic acids is 1. The van der Waals surface area contributed by atoms with Crippen LogP contribution in [0.15, 0.2) is 0 Å². The van der Waals surface area contributed by atoms with Gasteiger partial charge < -0.3 is 15.0 Å². The lowest BCUT2D eigenvalue weighted by molar-refractivity contribution is 0.0184. The predicted molar refractivity (Wildman–Crippen MR) is 73.7 cm³/mol. The number of likely N-dealkylation sites (tertiary alicyclic amines) is 1. The monoisotopic (exact) mass is 256 g/mol. The third kappa shape index (κ3) is 5.71. The molecule has 1 heterocycles. The average Bonchev–Trinajstić information content (AvgIpc) is 2.28. The second kappa shape index (κ2) is 6.98. The molecule has 0 aromatic heterocycles. The van der Waals surface area contributed by atoms with E-state index in [1.54, 1.807) is 0 Å². The molecule has 1 aliphatic rings. The van der Waals surface area contributed by atoms with Gasteiger partial charge in [-0.25, -0.2) is 4.79 Å². The molecule has 1 N–H and O–H groups in total. The van der Waals surface area contributed by atoms with E-state index in [1.807, 2.05) is 25.7 Å². The van der Waals surface area contributed by atoms with E-state index in [0.717, 1.165) is 39.0 Å². The molecule has 4 nitrogen and oxygen atoms in total. The van der Waals surface area contributed by atoms with Crippen molar-refractivity contribution in [2.24, 2.45) is 5.92 Å². The minimum Gasteiger partial charge on any atom is -0.444 e. The highest BCUT2D eigenvalue weighted by Gasteiger charge is 2.26. The molecule has 4 heteroatoms. The summed E-state index contributed by atoms with van der Waals surface area (Å²) in [6.07, 6.45) is 3.17. The van der Waals surface area contributed by atoms with Crippen LogP contribution >= 0.6 is 0 Å². The second-order valence-electron chi connectivity index (χ2n) is 6.11. The molecule has 1 rings (SSSR count). The SMILES string of the molecule is CCCNCC1CCN(C(=O)OC(C)(C)C)CC1. The minimum absolute atomic E-state index is 0.164. The van der Waals surface area contributed by atoms with Gasteiger partial charge in [0.1, 0.15) is 5.60 Å². The van der Waals surface area contributed by atoms with Gasteiger partial charge in [0.15, 0.2) is 0 Å². The summed E-state index contributed by atoms with van der Waals surface area (Å²) < 4.78 is 5.38. The lowest BCUT2D eigenvalue weighted by atomic mass is 9.97. The summed E-state index contributed by atoms with van der Waals surface area (Å²) in [5.74, 6) is 0.704. The van der Waals surface area contributed by atoms with Crippen LogP contribution in [0.2, 0.25) is 0 Å². The van der Waals surface area contributed by atoms with Crippen LogP contribution in [0.1, 0.15) is 47.0 Å². The molecule has 0 atom stereocenters. The van der Waals surface area contributed by atoms with Gasteiger partial charge in [0, 0.05) is 13.1 Å². The van der Waals surface area contributed by atoms with Crippen molar-refractivity contribution in [3.8, 4) is 0 Å². The van der Waals surface area contributed by atoms with Gasteiger partial charge in [-0.3, -0.25) is 0 Å². The van der Waals surface area contributed by atoms with Gasteiger partial charge in [-0.2, -0.15) is 0 Å². The van der Waals surface area contributed by atoms with Gasteiger partial charge in [0.25, 0.3) is 0 Å². The third-order valence-electron chi connectivity index (χ3n) is 3.13. The molecule has 0 aromatic carbocycles. The Morgan fingerprint density at radius 1 is 1.33 bits per heavy atom. The van der Waals surface area contributed by atoms with Crippen molar-refractivity contribution < 1.29 is 9.53 Å². The van der Waals surface area contributed by atoms with E-state index in [1.165, 1.54) is 6.42 Å². The summed E-state index contributed by atoms with van der Waals surface area (Å²) >= 11 is 0. The highest BCUT2D eigenvalue weighted by atomic mass is 16.6. The highest BCUT2D eigenvalue weighted by Crippen LogP contribution is 2.19. The van der Waals surface area contributed by atoms with E-state index in [2.05, 4.69) is 12.2 Å². The first-order chi connectivity index (χ1) is 8.42. The fraction of sp³-hybridized carbons (Fsp3) is 0.929. The zero-order chi connectivity index (χ0) is 13.6. The normalized spacial score (nSPS) is 17.9. The Morgan fingerprint density at radius 2 is 1.94 bits per heavy atom. The van der Waals surface area contributed by atoms with Crippen LogP contribution in [-0.4, -0.2) is 42.8 Å². The predicted octanol–water partition coefficient (Wildman–Crippen LogP) is 2.63. The maximum atomic E-state index is 11.9. The first-order valence-corrected chi connectivity index (χ1v) is 7.11. The number of hydrogen-bond acceptors (Lipinski definition) is 3. The Labute approximate surface area is 111 Å². The Hall–Kier alpha value is -0.770. The van der Waals surface area contributed by atoms with E-state index >= 15 is 0 Å². The fourth-order valence-corrected chi connectivity index (χ4v) is 2.13. The van der Waals surface area contributed by atoms with Gasteiger partial charge in [0.2, 0.25) is 0 Å². The standard InChI is InChI=1S/C14H28N2O2/c1-5-8-15-11-12-6-9-16(10-7-12)13(17)18-14(2,3)4/h12,15H,5-11H2,1-4H3. The summed E-state index contributed by atoms with van der Waals surface area (Å²) in [5, 5.41) is 3.45. The van der Waals surface area contributed by atoms with Crippen LogP contribution < -0.4 is 5.32 Å². The Morgan fingerprint density at radius 3 is 2.44 bits per heavy atom. The minimum atomic E-state index is -0.392. The molecule has 1 aliphatic heterocycles. The molecule has 0 saturated carbocycles. The van der Waals surface area contributed by atoms with Crippen LogP contribution in [0.5, 0.6) is 0 Å². The molecule has 0 aromatic rings. The smallest absolute Gasteiger partial charge is 0.410 e. The second-order valence-corrected chi connectivity index (χ2v) is 6.11. The first-order valence-electron chi connectivity index (χ1n) is 7.11. The quantitative estimate of drug-likeness (QED) is 0.786. The van der Waals surface area contributed by atoms with Gasteiger partial charge in [-0.15, -0.1) is 0 Å². The molecule has 1 saturated heterocycles. The van der Waals surface area contributed by atoms with Gasteiger partial charge in [0.05, 0.1) is 0 Å². The van der Waals surface area contributed by atoms with Crippen LogP contribution in [0.25, 0.3) is 0 Å². The largest absolute Gasteiger partial charge is 0.444 e. The first kappa shape index (κ1) is 15.3. The van der Waals surface area contributed by atoms with Crippen molar-refractivity contribution in [2.45, 2.75) is 52.6 Å². The molecule has 0 spiro atoms. The van der Waals surface area contributed by atoms with E-state index in [4.69, 9.17) is 4.74 Å². The van der Waals surface area contributed by atoms with Crippen molar-refractivity contribution in [2.75, 3.05) is 26.2 Å². The molecule has 0 unspecified atom stereocenters. The molecule has 18 heavy (non-hydrogen) atoms. The number of carbonyl (C=O) groups is 1. The number of ether oxygens (including phenoxy) is 1. The highest BCUT2D eigenvalue weighted by molar-refractivity contribution is 5.68. The van der Waals surface area contributed by atoms with Crippen LogP contribution in [-0.2, 0) is 4.74 Å². The summed E-state index contributed by atoms with van der Waals surface area (Å²) in [6.45, 7) is 11.7. The Balaban J connectivity index is 2.24. The van der Waals surface area contributed by atoms with Crippen LogP contribution in [0.4, 0.5) is 4.79 Å². The number of rotatable bonds is 4. The lowest BCUT2D eigenvalue weighted by Crippen LogP contribution is -2.43. The van der Waals surface area contributed by atoms with E-state index in [0.29, 0.717) is 5.92 Å². The number of piperidine rings is 1. The van der Waals surface area contributed by atoms with Gasteiger partial charge >= 0.3 is 6.09 Å². The summed E-state index contributed by atoms with van der Waals surface area (Å²) in [7, 11) is 0. The molecular formula is C14H28N2O2. The maximum Gasteiger partial charge on any atom is 0.410 e. The van der Waals surface area contributed by atoms with Crippen LogP contribution in [0.3, 0.4) is 0 Å². The average molecular weight is 256 g/mol. The lowest BCUT2D eigenvalue weighted by Gasteiger charge is -2.33. The third-order valence-corrected chi connectivity index (χ3v) is 3.13. The molecule has 0 radical (unpaired) electrons. The zero-order valence-electron chi connectivity index (χ0n) is 12.3. The zero-order valence-corrected chi connectivity index (χ0v) is 12.3. The number of nitrogens with zero attached hydrogens (tertiary/aromatic N) is 1. The summed E-state index contributed by atoms with van der Waals surface area (Å²) in [6, 6.07) is 0. The van der Waals surface area contributed by atoms with E-state index in [9.17, 15) is 4.79 Å². The number of hydrogen-bond donors (Lipinski definition) is 1. The number of amides is 1. The van der Waals surface area contributed by atoms with Gasteiger partial charge in [-0.05, 0) is 59.0 Å². The van der Waals surface area contributed by atoms with E-state index < -0.39 is 5.60 Å². The molecule has 0 aliphatic carbocycles. The van der Waals surface area contributed by atoms with Crippen LogP contribution in [0, 0.1) is 5.92 Å². The van der Waals surface area contributed by atoms with Crippen molar-refractivity contribution >= 4 is 6.09 Å². The van der Waals surface area contributed by atoms with E-state index in [-0.39, 0.29) is 6.09 Å². The Bertz CT molecular complexity index is 253. The fourth-order valence-electron chi connectivity index (χ4n) is 2.13. The molecule has 0 bridgehead atoms. The summed E-state index contributed by atoms with van der Waals surface area (Å²) in [5.41, 5.74) is -0.392. The van der Waals surface area contributed by atoms with Gasteiger partial charge in [-0.1, -0.05) is 6.92 Å². The van der Waals surface area contributed by atoms with Crippen molar-refractivity contribution in [1.29, 1.82) is 0 Å². The number of nitrogens with one attached hydrogen (secondary N) is 1. The van der Waals surface area contributed by atoms with Crippen molar-refractivity contribution in [1.82, 2.24) is 10.2 Å². The topological polar surface area (TPSA) is 41.6 Å².